The van der Waals surface area contributed by atoms with Gasteiger partial charge in [0, 0.05) is 25.7 Å². The predicted octanol–water partition coefficient (Wildman–Crippen LogP) is 4.15. The van der Waals surface area contributed by atoms with E-state index < -0.39 is 0 Å². The van der Waals surface area contributed by atoms with Gasteiger partial charge in [-0.1, -0.05) is 44.2 Å². The van der Waals surface area contributed by atoms with Crippen molar-refractivity contribution in [2.24, 2.45) is 0 Å². The number of aromatic nitrogens is 2. The van der Waals surface area contributed by atoms with Crippen molar-refractivity contribution in [1.29, 1.82) is 0 Å². The van der Waals surface area contributed by atoms with Crippen molar-refractivity contribution >= 4 is 11.7 Å². The lowest BCUT2D eigenvalue weighted by atomic mass is 10.2. The van der Waals surface area contributed by atoms with E-state index in [1.54, 1.807) is 12.4 Å². The van der Waals surface area contributed by atoms with Crippen LogP contribution in [0.4, 0.5) is 5.82 Å². The number of rotatable bonds is 9. The van der Waals surface area contributed by atoms with Gasteiger partial charge in [0.05, 0.1) is 12.4 Å². The van der Waals surface area contributed by atoms with Gasteiger partial charge in [0.15, 0.2) is 0 Å². The lowest BCUT2D eigenvalue weighted by Gasteiger charge is -2.27. The van der Waals surface area contributed by atoms with E-state index >= 15 is 0 Å². The van der Waals surface area contributed by atoms with E-state index in [4.69, 9.17) is 0 Å². The molecule has 0 aliphatic rings. The fourth-order valence-corrected chi connectivity index (χ4v) is 2.89. The van der Waals surface area contributed by atoms with Gasteiger partial charge in [0.1, 0.15) is 11.5 Å². The van der Waals surface area contributed by atoms with E-state index in [0.29, 0.717) is 12.2 Å². The Hall–Kier alpha value is -2.43. The van der Waals surface area contributed by atoms with Crippen molar-refractivity contribution in [1.82, 2.24) is 14.9 Å². The first kappa shape index (κ1) is 19.9. The second kappa shape index (κ2) is 9.90. The molecule has 5 nitrogen and oxygen atoms in total. The SMILES string of the molecule is CCCN(CCC)c1cnc(C(=O)N(Cc2ccccc2)C(C)C)cn1. The van der Waals surface area contributed by atoms with E-state index in [-0.39, 0.29) is 11.9 Å². The van der Waals surface area contributed by atoms with Gasteiger partial charge in [-0.3, -0.25) is 4.79 Å². The third-order valence-corrected chi connectivity index (χ3v) is 4.25. The van der Waals surface area contributed by atoms with Crippen molar-refractivity contribution in [2.75, 3.05) is 18.0 Å². The van der Waals surface area contributed by atoms with Crippen LogP contribution >= 0.6 is 0 Å². The zero-order valence-corrected chi connectivity index (χ0v) is 16.4. The largest absolute Gasteiger partial charge is 0.355 e. The zero-order valence-electron chi connectivity index (χ0n) is 16.4. The van der Waals surface area contributed by atoms with Crippen LogP contribution in [0.25, 0.3) is 0 Å². The van der Waals surface area contributed by atoms with Crippen molar-refractivity contribution in [3.05, 3.63) is 54.0 Å². The molecule has 0 N–H and O–H groups in total. The first-order valence-corrected chi connectivity index (χ1v) is 9.48. The lowest BCUT2D eigenvalue weighted by molar-refractivity contribution is 0.0684. The van der Waals surface area contributed by atoms with E-state index in [1.807, 2.05) is 49.1 Å². The zero-order chi connectivity index (χ0) is 18.9. The van der Waals surface area contributed by atoms with Crippen molar-refractivity contribution in [2.45, 2.75) is 53.1 Å². The molecule has 0 atom stereocenters. The topological polar surface area (TPSA) is 49.3 Å². The minimum Gasteiger partial charge on any atom is -0.355 e. The second-order valence-electron chi connectivity index (χ2n) is 6.76. The highest BCUT2D eigenvalue weighted by atomic mass is 16.2. The molecule has 0 spiro atoms. The summed E-state index contributed by atoms with van der Waals surface area (Å²) in [5.74, 6) is 0.754. The maximum absolute atomic E-state index is 12.9. The van der Waals surface area contributed by atoms with Crippen LogP contribution in [-0.4, -0.2) is 39.9 Å². The first-order chi connectivity index (χ1) is 12.6. The van der Waals surface area contributed by atoms with Gasteiger partial charge in [0.25, 0.3) is 5.91 Å². The van der Waals surface area contributed by atoms with Crippen LogP contribution in [0.3, 0.4) is 0 Å². The predicted molar refractivity (Wildman–Crippen MR) is 106 cm³/mol. The molecule has 140 valence electrons. The Morgan fingerprint density at radius 3 is 2.15 bits per heavy atom. The summed E-state index contributed by atoms with van der Waals surface area (Å²) in [6.07, 6.45) is 5.44. The molecule has 0 saturated carbocycles. The molecule has 0 unspecified atom stereocenters. The number of amides is 1. The Bertz CT molecular complexity index is 664. The summed E-state index contributed by atoms with van der Waals surface area (Å²) in [6, 6.07) is 10.1. The van der Waals surface area contributed by atoms with Gasteiger partial charge in [-0.2, -0.15) is 0 Å². The normalized spacial score (nSPS) is 10.8. The smallest absolute Gasteiger partial charge is 0.274 e. The standard InChI is InChI=1S/C21H30N4O/c1-5-12-24(13-6-2)20-15-22-19(14-23-20)21(26)25(17(3)4)16-18-10-8-7-9-11-18/h7-11,14-15,17H,5-6,12-13,16H2,1-4H3. The van der Waals surface area contributed by atoms with Crippen molar-refractivity contribution in [3.8, 4) is 0 Å². The van der Waals surface area contributed by atoms with Crippen LogP contribution in [0.2, 0.25) is 0 Å². The van der Waals surface area contributed by atoms with Crippen LogP contribution < -0.4 is 4.90 Å². The highest BCUT2D eigenvalue weighted by Gasteiger charge is 2.21. The fraction of sp³-hybridized carbons (Fsp3) is 0.476. The molecular weight excluding hydrogens is 324 g/mol. The molecule has 1 aromatic heterocycles. The number of carbonyl (C=O) groups is 1. The molecule has 5 heteroatoms. The second-order valence-corrected chi connectivity index (χ2v) is 6.76. The van der Waals surface area contributed by atoms with Crippen molar-refractivity contribution < 1.29 is 4.79 Å². The van der Waals surface area contributed by atoms with E-state index in [9.17, 15) is 4.79 Å². The molecule has 0 aliphatic carbocycles. The van der Waals surface area contributed by atoms with Gasteiger partial charge in [0.2, 0.25) is 0 Å². The molecule has 26 heavy (non-hydrogen) atoms. The number of anilines is 1. The van der Waals surface area contributed by atoms with Gasteiger partial charge in [-0.05, 0) is 32.3 Å². The average Bonchev–Trinajstić information content (AvgIpc) is 2.66. The molecule has 0 radical (unpaired) electrons. The number of nitrogens with zero attached hydrogens (tertiary/aromatic N) is 4. The quantitative estimate of drug-likeness (QED) is 0.679. The van der Waals surface area contributed by atoms with Crippen LogP contribution in [0.15, 0.2) is 42.7 Å². The van der Waals surface area contributed by atoms with Crippen LogP contribution in [0.5, 0.6) is 0 Å². The summed E-state index contributed by atoms with van der Waals surface area (Å²) in [6.45, 7) is 10.8. The first-order valence-electron chi connectivity index (χ1n) is 9.48. The third kappa shape index (κ3) is 5.28. The van der Waals surface area contributed by atoms with Crippen LogP contribution in [0.1, 0.15) is 56.6 Å². The minimum absolute atomic E-state index is 0.0829. The molecule has 2 rings (SSSR count). The number of hydrogen-bond acceptors (Lipinski definition) is 4. The monoisotopic (exact) mass is 354 g/mol. The Kier molecular flexibility index (Phi) is 7.57. The average molecular weight is 354 g/mol. The summed E-state index contributed by atoms with van der Waals surface area (Å²) in [4.78, 5) is 25.9. The highest BCUT2D eigenvalue weighted by Crippen LogP contribution is 2.14. The molecule has 1 aromatic carbocycles. The summed E-state index contributed by atoms with van der Waals surface area (Å²) in [5, 5.41) is 0. The molecule has 2 aromatic rings. The Morgan fingerprint density at radius 2 is 1.65 bits per heavy atom. The van der Waals surface area contributed by atoms with Crippen molar-refractivity contribution in [3.63, 3.8) is 0 Å². The van der Waals surface area contributed by atoms with Crippen LogP contribution in [-0.2, 0) is 6.54 Å². The summed E-state index contributed by atoms with van der Waals surface area (Å²) in [5.41, 5.74) is 1.50. The maximum atomic E-state index is 12.9. The molecule has 1 amide bonds. The molecule has 0 aliphatic heterocycles. The van der Waals surface area contributed by atoms with Gasteiger partial charge in [-0.15, -0.1) is 0 Å². The van der Waals surface area contributed by atoms with Gasteiger partial charge in [-0.25, -0.2) is 9.97 Å². The molecule has 0 fully saturated rings. The maximum Gasteiger partial charge on any atom is 0.274 e. The Labute approximate surface area is 157 Å². The van der Waals surface area contributed by atoms with Gasteiger partial charge >= 0.3 is 0 Å². The number of hydrogen-bond donors (Lipinski definition) is 0. The third-order valence-electron chi connectivity index (χ3n) is 4.25. The summed E-state index contributed by atoms with van der Waals surface area (Å²) < 4.78 is 0. The molecule has 0 bridgehead atoms. The Balaban J connectivity index is 2.15. The number of benzene rings is 1. The lowest BCUT2D eigenvalue weighted by Crippen LogP contribution is -2.37. The molecule has 0 saturated heterocycles. The van der Waals surface area contributed by atoms with Gasteiger partial charge < -0.3 is 9.80 Å². The number of carbonyl (C=O) groups excluding carboxylic acids is 1. The summed E-state index contributed by atoms with van der Waals surface area (Å²) >= 11 is 0. The highest BCUT2D eigenvalue weighted by molar-refractivity contribution is 5.92. The summed E-state index contributed by atoms with van der Waals surface area (Å²) in [7, 11) is 0. The Morgan fingerprint density at radius 1 is 1.00 bits per heavy atom. The van der Waals surface area contributed by atoms with E-state index in [2.05, 4.69) is 28.7 Å². The molecular formula is C21H30N4O. The van der Waals surface area contributed by atoms with Crippen LogP contribution in [0, 0.1) is 0 Å². The van der Waals surface area contributed by atoms with E-state index in [1.165, 1.54) is 0 Å². The minimum atomic E-state index is -0.0829. The fourth-order valence-electron chi connectivity index (χ4n) is 2.89. The van der Waals surface area contributed by atoms with E-state index in [0.717, 1.165) is 37.3 Å². The molecule has 1 heterocycles.